The maximum atomic E-state index is 12.3. The third-order valence-corrected chi connectivity index (χ3v) is 4.00. The van der Waals surface area contributed by atoms with Gasteiger partial charge in [-0.1, -0.05) is 36.4 Å². The molecule has 1 heterocycles. The topological polar surface area (TPSA) is 84.9 Å². The van der Waals surface area contributed by atoms with Crippen molar-refractivity contribution in [3.63, 3.8) is 0 Å². The lowest BCUT2D eigenvalue weighted by Gasteiger charge is -2.14. The minimum atomic E-state index is -1.02. The van der Waals surface area contributed by atoms with E-state index in [2.05, 4.69) is 5.32 Å². The van der Waals surface area contributed by atoms with E-state index >= 15 is 0 Å². The minimum Gasteiger partial charge on any atom is -0.459 e. The van der Waals surface area contributed by atoms with Crippen LogP contribution in [0.15, 0.2) is 48.5 Å². The molecule has 0 aliphatic carbocycles. The predicted octanol–water partition coefficient (Wildman–Crippen LogP) is 0.766. The van der Waals surface area contributed by atoms with Gasteiger partial charge in [-0.05, 0) is 35.6 Å². The van der Waals surface area contributed by atoms with Crippen LogP contribution in [0.25, 0.3) is 0 Å². The summed E-state index contributed by atoms with van der Waals surface area (Å²) in [5.74, 6) is -0.923. The highest BCUT2D eigenvalue weighted by Gasteiger charge is 2.28. The Labute approximate surface area is 145 Å². The molecule has 3 rings (SSSR count). The summed E-state index contributed by atoms with van der Waals surface area (Å²) >= 11 is 0. The third-order valence-electron chi connectivity index (χ3n) is 4.00. The number of rotatable bonds is 5. The Morgan fingerprint density at radius 3 is 2.80 bits per heavy atom. The van der Waals surface area contributed by atoms with E-state index in [-0.39, 0.29) is 6.61 Å². The second-order valence-electron chi connectivity index (χ2n) is 5.87. The number of amides is 1. The molecular formula is C18H18BNO5. The Balaban J connectivity index is 1.57. The first kappa shape index (κ1) is 17.2. The molecule has 1 unspecified atom stereocenters. The lowest BCUT2D eigenvalue weighted by molar-refractivity contribution is -0.146. The molecule has 2 N–H and O–H groups in total. The van der Waals surface area contributed by atoms with Crippen molar-refractivity contribution in [3.05, 3.63) is 65.2 Å². The third kappa shape index (κ3) is 4.07. The molecule has 25 heavy (non-hydrogen) atoms. The smallest absolute Gasteiger partial charge is 0.459 e. The van der Waals surface area contributed by atoms with E-state index in [1.807, 2.05) is 30.3 Å². The highest BCUT2D eigenvalue weighted by molar-refractivity contribution is 6.61. The molecule has 0 spiro atoms. The molecule has 1 atom stereocenters. The zero-order chi connectivity index (χ0) is 17.8. The van der Waals surface area contributed by atoms with Crippen molar-refractivity contribution in [1.82, 2.24) is 5.32 Å². The molecule has 6 nitrogen and oxygen atoms in total. The molecule has 1 aliphatic rings. The molecule has 7 heteroatoms. The van der Waals surface area contributed by atoms with Crippen molar-refractivity contribution in [2.75, 3.05) is 0 Å². The summed E-state index contributed by atoms with van der Waals surface area (Å²) < 4.78 is 10.3. The number of hydrogen-bond acceptors (Lipinski definition) is 5. The summed E-state index contributed by atoms with van der Waals surface area (Å²) in [6.07, 6.45) is 0. The van der Waals surface area contributed by atoms with Gasteiger partial charge in [0, 0.05) is 5.56 Å². The fourth-order valence-electron chi connectivity index (χ4n) is 2.55. The summed E-state index contributed by atoms with van der Waals surface area (Å²) in [5, 5.41) is 12.3. The van der Waals surface area contributed by atoms with Crippen LogP contribution in [0.5, 0.6) is 0 Å². The van der Waals surface area contributed by atoms with E-state index in [9.17, 15) is 14.6 Å². The van der Waals surface area contributed by atoms with Crippen LogP contribution in [0.4, 0.5) is 0 Å². The van der Waals surface area contributed by atoms with Crippen molar-refractivity contribution in [2.24, 2.45) is 0 Å². The van der Waals surface area contributed by atoms with Crippen molar-refractivity contribution in [3.8, 4) is 0 Å². The number of carbonyl (C=O) groups excluding carboxylic acids is 2. The average molecular weight is 339 g/mol. The first-order chi connectivity index (χ1) is 12.0. The first-order valence-corrected chi connectivity index (χ1v) is 7.98. The fraction of sp³-hybridized carbons (Fsp3) is 0.222. The van der Waals surface area contributed by atoms with Crippen LogP contribution >= 0.6 is 0 Å². The van der Waals surface area contributed by atoms with Crippen LogP contribution in [-0.2, 0) is 27.4 Å². The van der Waals surface area contributed by atoms with E-state index in [1.165, 1.54) is 0 Å². The number of benzene rings is 2. The number of esters is 1. The largest absolute Gasteiger partial charge is 0.491 e. The Kier molecular flexibility index (Phi) is 5.16. The highest BCUT2D eigenvalue weighted by atomic mass is 16.5. The van der Waals surface area contributed by atoms with Gasteiger partial charge in [0.05, 0.1) is 6.61 Å². The van der Waals surface area contributed by atoms with Crippen molar-refractivity contribution >= 4 is 24.5 Å². The van der Waals surface area contributed by atoms with E-state index in [4.69, 9.17) is 9.39 Å². The van der Waals surface area contributed by atoms with Crippen LogP contribution in [0.1, 0.15) is 28.4 Å². The molecule has 0 saturated carbocycles. The maximum absolute atomic E-state index is 12.3. The number of ether oxygens (including phenoxy) is 1. The fourth-order valence-corrected chi connectivity index (χ4v) is 2.55. The van der Waals surface area contributed by atoms with Gasteiger partial charge in [-0.2, -0.15) is 0 Å². The van der Waals surface area contributed by atoms with E-state index in [1.54, 1.807) is 25.1 Å². The molecule has 0 bridgehead atoms. The second-order valence-corrected chi connectivity index (χ2v) is 5.87. The lowest BCUT2D eigenvalue weighted by atomic mass is 9.79. The maximum Gasteiger partial charge on any atom is 0.491 e. The standard InChI is InChI=1S/C18H18BNO5/c1-12(18(22)24-10-13-5-3-2-4-6-13)20-17(21)14-7-8-15-11-25-19(23)16(15)9-14/h2-9,12,23H,10-11H2,1H3,(H,20,21). The van der Waals surface area contributed by atoms with Gasteiger partial charge in [0.15, 0.2) is 0 Å². The van der Waals surface area contributed by atoms with Gasteiger partial charge in [0.25, 0.3) is 5.91 Å². The molecular weight excluding hydrogens is 321 g/mol. The second kappa shape index (κ2) is 7.50. The molecule has 0 saturated heterocycles. The number of hydrogen-bond donors (Lipinski definition) is 2. The van der Waals surface area contributed by atoms with E-state index in [0.29, 0.717) is 17.6 Å². The van der Waals surface area contributed by atoms with Crippen LogP contribution in [-0.4, -0.2) is 30.1 Å². The average Bonchev–Trinajstić information content (AvgIpc) is 3.01. The van der Waals surface area contributed by atoms with Crippen molar-refractivity contribution < 1.29 is 24.0 Å². The number of nitrogens with one attached hydrogen (secondary N) is 1. The molecule has 2 aromatic carbocycles. The molecule has 0 radical (unpaired) electrons. The number of fused-ring (bicyclic) bond motifs is 1. The van der Waals surface area contributed by atoms with E-state index in [0.717, 1.165) is 11.1 Å². The normalized spacial score (nSPS) is 13.9. The van der Waals surface area contributed by atoms with Crippen molar-refractivity contribution in [2.45, 2.75) is 26.2 Å². The van der Waals surface area contributed by atoms with Gasteiger partial charge < -0.3 is 19.7 Å². The Bertz CT molecular complexity index is 780. The quantitative estimate of drug-likeness (QED) is 0.621. The summed E-state index contributed by atoms with van der Waals surface area (Å²) in [6, 6.07) is 13.5. The lowest BCUT2D eigenvalue weighted by Crippen LogP contribution is -2.40. The van der Waals surface area contributed by atoms with Gasteiger partial charge in [-0.15, -0.1) is 0 Å². The zero-order valence-corrected chi connectivity index (χ0v) is 13.8. The van der Waals surface area contributed by atoms with Gasteiger partial charge >= 0.3 is 13.1 Å². The predicted molar refractivity (Wildman–Crippen MR) is 92.0 cm³/mol. The van der Waals surface area contributed by atoms with Gasteiger partial charge in [0.1, 0.15) is 12.6 Å². The Morgan fingerprint density at radius 1 is 1.28 bits per heavy atom. The molecule has 0 fully saturated rings. The Hall–Kier alpha value is -2.64. The van der Waals surface area contributed by atoms with Gasteiger partial charge in [-0.25, -0.2) is 4.79 Å². The van der Waals surface area contributed by atoms with E-state index < -0.39 is 25.0 Å². The minimum absolute atomic E-state index is 0.155. The first-order valence-electron chi connectivity index (χ1n) is 7.98. The van der Waals surface area contributed by atoms with Gasteiger partial charge in [-0.3, -0.25) is 4.79 Å². The molecule has 2 aromatic rings. The van der Waals surface area contributed by atoms with Crippen LogP contribution < -0.4 is 10.8 Å². The van der Waals surface area contributed by atoms with Crippen LogP contribution in [0.2, 0.25) is 0 Å². The highest BCUT2D eigenvalue weighted by Crippen LogP contribution is 2.11. The molecule has 0 aromatic heterocycles. The summed E-state index contributed by atoms with van der Waals surface area (Å²) in [4.78, 5) is 24.3. The molecule has 1 aliphatic heterocycles. The van der Waals surface area contributed by atoms with Crippen LogP contribution in [0, 0.1) is 0 Å². The zero-order valence-electron chi connectivity index (χ0n) is 13.8. The monoisotopic (exact) mass is 339 g/mol. The SMILES string of the molecule is CC(NC(=O)c1ccc2c(c1)B(O)OC2)C(=O)OCc1ccccc1. The number of carbonyl (C=O) groups is 2. The van der Waals surface area contributed by atoms with Gasteiger partial charge in [0.2, 0.25) is 0 Å². The summed E-state index contributed by atoms with van der Waals surface area (Å²) in [7, 11) is -1.02. The molecule has 128 valence electrons. The summed E-state index contributed by atoms with van der Waals surface area (Å²) in [5.41, 5.74) is 2.65. The van der Waals surface area contributed by atoms with Crippen LogP contribution in [0.3, 0.4) is 0 Å². The Morgan fingerprint density at radius 2 is 2.04 bits per heavy atom. The molecule has 1 amide bonds. The van der Waals surface area contributed by atoms with Crippen molar-refractivity contribution in [1.29, 1.82) is 0 Å². The summed E-state index contributed by atoms with van der Waals surface area (Å²) in [6.45, 7) is 2.04.